The Hall–Kier alpha value is -1.06. The second-order valence-corrected chi connectivity index (χ2v) is 6.75. The molecule has 0 aromatic carbocycles. The standard InChI is InChI=1S/C8H12N4O3S2/c1-6(13)9-7-10-11-8(16-7)17(14,15)12-4-2-3-5-12/h2-5H2,1H3,(H,9,10,13). The topological polar surface area (TPSA) is 92.3 Å². The van der Waals surface area contributed by atoms with E-state index in [2.05, 4.69) is 15.5 Å². The van der Waals surface area contributed by atoms with Crippen molar-refractivity contribution in [1.29, 1.82) is 0 Å². The van der Waals surface area contributed by atoms with Crippen molar-refractivity contribution in [3.05, 3.63) is 0 Å². The Kier molecular flexibility index (Phi) is 3.40. The fourth-order valence-corrected chi connectivity index (χ4v) is 4.16. The van der Waals surface area contributed by atoms with Gasteiger partial charge in [-0.3, -0.25) is 4.79 Å². The van der Waals surface area contributed by atoms with E-state index in [4.69, 9.17) is 0 Å². The van der Waals surface area contributed by atoms with E-state index in [9.17, 15) is 13.2 Å². The minimum atomic E-state index is -3.53. The van der Waals surface area contributed by atoms with Gasteiger partial charge in [0.2, 0.25) is 15.4 Å². The van der Waals surface area contributed by atoms with Gasteiger partial charge in [0.05, 0.1) is 0 Å². The number of nitrogens with zero attached hydrogens (tertiary/aromatic N) is 3. The Bertz CT molecular complexity index is 519. The second-order valence-electron chi connectivity index (χ2n) is 3.67. The van der Waals surface area contributed by atoms with Crippen LogP contribution >= 0.6 is 11.3 Å². The number of sulfonamides is 1. The van der Waals surface area contributed by atoms with Crippen molar-refractivity contribution in [3.8, 4) is 0 Å². The minimum Gasteiger partial charge on any atom is -0.301 e. The largest absolute Gasteiger partial charge is 0.301 e. The summed E-state index contributed by atoms with van der Waals surface area (Å²) in [6.45, 7) is 2.38. The number of carbonyl (C=O) groups excluding carboxylic acids is 1. The molecule has 0 aliphatic carbocycles. The molecule has 1 aliphatic heterocycles. The van der Waals surface area contributed by atoms with Gasteiger partial charge in [-0.2, -0.15) is 4.31 Å². The molecule has 0 bridgehead atoms. The van der Waals surface area contributed by atoms with Crippen molar-refractivity contribution in [2.45, 2.75) is 24.1 Å². The monoisotopic (exact) mass is 276 g/mol. The van der Waals surface area contributed by atoms with Crippen LogP contribution in [0.1, 0.15) is 19.8 Å². The van der Waals surface area contributed by atoms with Gasteiger partial charge in [-0.15, -0.1) is 10.2 Å². The van der Waals surface area contributed by atoms with E-state index >= 15 is 0 Å². The van der Waals surface area contributed by atoms with E-state index in [1.807, 2.05) is 0 Å². The summed E-state index contributed by atoms with van der Waals surface area (Å²) >= 11 is 0.871. The van der Waals surface area contributed by atoms with E-state index in [0.29, 0.717) is 13.1 Å². The number of amides is 1. The average molecular weight is 276 g/mol. The maximum Gasteiger partial charge on any atom is 0.272 e. The Morgan fingerprint density at radius 2 is 2.00 bits per heavy atom. The lowest BCUT2D eigenvalue weighted by Gasteiger charge is -2.11. The van der Waals surface area contributed by atoms with Crippen LogP contribution in [-0.2, 0) is 14.8 Å². The summed E-state index contributed by atoms with van der Waals surface area (Å²) in [6, 6.07) is 0. The summed E-state index contributed by atoms with van der Waals surface area (Å²) in [5.41, 5.74) is 0. The first-order valence-corrected chi connectivity index (χ1v) is 7.37. The Balaban J connectivity index is 2.21. The molecular formula is C8H12N4O3S2. The molecule has 2 heterocycles. The zero-order valence-electron chi connectivity index (χ0n) is 9.21. The van der Waals surface area contributed by atoms with E-state index in [-0.39, 0.29) is 15.4 Å². The molecule has 1 aliphatic rings. The first-order valence-electron chi connectivity index (χ1n) is 5.11. The van der Waals surface area contributed by atoms with Crippen molar-refractivity contribution >= 4 is 32.4 Å². The third-order valence-electron chi connectivity index (χ3n) is 2.32. The van der Waals surface area contributed by atoms with Crippen LogP contribution in [0, 0.1) is 0 Å². The van der Waals surface area contributed by atoms with Crippen molar-refractivity contribution in [1.82, 2.24) is 14.5 Å². The number of nitrogens with one attached hydrogen (secondary N) is 1. The highest BCUT2D eigenvalue weighted by molar-refractivity contribution is 7.91. The zero-order chi connectivity index (χ0) is 12.5. The maximum atomic E-state index is 12.1. The number of rotatable bonds is 3. The predicted molar refractivity (Wildman–Crippen MR) is 62.2 cm³/mol. The third-order valence-corrected chi connectivity index (χ3v) is 5.40. The Labute approximate surface area is 103 Å². The van der Waals surface area contributed by atoms with Gasteiger partial charge in [0.25, 0.3) is 10.0 Å². The third kappa shape index (κ3) is 2.61. The average Bonchev–Trinajstić information content (AvgIpc) is 2.85. The van der Waals surface area contributed by atoms with E-state index in [1.54, 1.807) is 0 Å². The lowest BCUT2D eigenvalue weighted by Crippen LogP contribution is -2.27. The van der Waals surface area contributed by atoms with Gasteiger partial charge >= 0.3 is 0 Å². The van der Waals surface area contributed by atoms with Crippen LogP contribution < -0.4 is 5.32 Å². The highest BCUT2D eigenvalue weighted by Crippen LogP contribution is 2.25. The van der Waals surface area contributed by atoms with E-state index in [1.165, 1.54) is 11.2 Å². The SMILES string of the molecule is CC(=O)Nc1nnc(S(=O)(=O)N2CCCC2)s1. The normalized spacial score (nSPS) is 17.2. The van der Waals surface area contributed by atoms with Crippen LogP contribution in [0.3, 0.4) is 0 Å². The Morgan fingerprint density at radius 1 is 1.35 bits per heavy atom. The highest BCUT2D eigenvalue weighted by Gasteiger charge is 2.30. The lowest BCUT2D eigenvalue weighted by molar-refractivity contribution is -0.114. The molecule has 1 amide bonds. The predicted octanol–water partition coefficient (Wildman–Crippen LogP) is 0.281. The molecule has 7 nitrogen and oxygen atoms in total. The molecule has 1 aromatic heterocycles. The first kappa shape index (κ1) is 12.4. The summed E-state index contributed by atoms with van der Waals surface area (Å²) in [7, 11) is -3.53. The molecule has 9 heteroatoms. The summed E-state index contributed by atoms with van der Waals surface area (Å²) < 4.78 is 25.4. The van der Waals surface area contributed by atoms with Crippen LogP contribution in [0.15, 0.2) is 4.34 Å². The van der Waals surface area contributed by atoms with Crippen LogP contribution in [0.25, 0.3) is 0 Å². The summed E-state index contributed by atoms with van der Waals surface area (Å²) in [4.78, 5) is 10.8. The first-order chi connectivity index (χ1) is 8.00. The number of carbonyl (C=O) groups is 1. The van der Waals surface area contributed by atoms with Crippen molar-refractivity contribution in [2.75, 3.05) is 18.4 Å². The molecule has 0 radical (unpaired) electrons. The quantitative estimate of drug-likeness (QED) is 0.801. The minimum absolute atomic E-state index is 0.0665. The number of aromatic nitrogens is 2. The fraction of sp³-hybridized carbons (Fsp3) is 0.625. The van der Waals surface area contributed by atoms with E-state index in [0.717, 1.165) is 24.2 Å². The van der Waals surface area contributed by atoms with Gasteiger partial charge in [-0.1, -0.05) is 11.3 Å². The lowest BCUT2D eigenvalue weighted by atomic mass is 10.4. The number of hydrogen-bond donors (Lipinski definition) is 1. The van der Waals surface area contributed by atoms with Crippen LogP contribution in [0.4, 0.5) is 5.13 Å². The van der Waals surface area contributed by atoms with E-state index < -0.39 is 10.0 Å². The smallest absolute Gasteiger partial charge is 0.272 e. The Morgan fingerprint density at radius 3 is 2.59 bits per heavy atom. The molecule has 0 spiro atoms. The van der Waals surface area contributed by atoms with Gasteiger partial charge in [-0.25, -0.2) is 8.42 Å². The molecule has 0 atom stereocenters. The van der Waals surface area contributed by atoms with Crippen LogP contribution in [0.5, 0.6) is 0 Å². The second kappa shape index (κ2) is 4.67. The highest BCUT2D eigenvalue weighted by atomic mass is 32.2. The molecule has 1 fully saturated rings. The summed E-state index contributed by atoms with van der Waals surface area (Å²) in [5.74, 6) is -0.300. The summed E-state index contributed by atoms with van der Waals surface area (Å²) in [5, 5.41) is 9.85. The number of hydrogen-bond acceptors (Lipinski definition) is 6. The fourth-order valence-electron chi connectivity index (χ4n) is 1.55. The van der Waals surface area contributed by atoms with Gasteiger partial charge in [0, 0.05) is 20.0 Å². The van der Waals surface area contributed by atoms with Crippen molar-refractivity contribution in [3.63, 3.8) is 0 Å². The van der Waals surface area contributed by atoms with Crippen LogP contribution in [0.2, 0.25) is 0 Å². The molecule has 94 valence electrons. The molecule has 0 unspecified atom stereocenters. The van der Waals surface area contributed by atoms with Gasteiger partial charge in [-0.05, 0) is 12.8 Å². The van der Waals surface area contributed by atoms with Crippen molar-refractivity contribution in [2.24, 2.45) is 0 Å². The molecule has 0 saturated carbocycles. The van der Waals surface area contributed by atoms with Gasteiger partial charge in [0.1, 0.15) is 0 Å². The molecule has 1 aromatic rings. The maximum absolute atomic E-state index is 12.1. The summed E-state index contributed by atoms with van der Waals surface area (Å²) in [6.07, 6.45) is 1.74. The van der Waals surface area contributed by atoms with Crippen LogP contribution in [-0.4, -0.2) is 41.9 Å². The molecule has 2 rings (SSSR count). The van der Waals surface area contributed by atoms with Gasteiger partial charge in [0.15, 0.2) is 0 Å². The van der Waals surface area contributed by atoms with Crippen molar-refractivity contribution < 1.29 is 13.2 Å². The molecule has 1 N–H and O–H groups in total. The molecule has 17 heavy (non-hydrogen) atoms. The van der Waals surface area contributed by atoms with Gasteiger partial charge < -0.3 is 5.32 Å². The zero-order valence-corrected chi connectivity index (χ0v) is 10.8. The molecule has 1 saturated heterocycles. The molecular weight excluding hydrogens is 264 g/mol. The number of anilines is 1.